The number of sulfonamides is 1. The van der Waals surface area contributed by atoms with Crippen molar-refractivity contribution in [2.75, 3.05) is 26.8 Å². The molecule has 1 N–H and O–H groups in total. The van der Waals surface area contributed by atoms with Crippen molar-refractivity contribution in [2.24, 2.45) is 0 Å². The predicted octanol–water partition coefficient (Wildman–Crippen LogP) is 2.53. The first-order chi connectivity index (χ1) is 15.8. The minimum atomic E-state index is -3.88. The molecule has 1 atom stereocenters. The van der Waals surface area contributed by atoms with Crippen molar-refractivity contribution < 1.29 is 22.7 Å². The number of nitrogens with zero attached hydrogens (tertiary/aromatic N) is 3. The van der Waals surface area contributed by atoms with Crippen LogP contribution in [0.25, 0.3) is 5.69 Å². The minimum Gasteiger partial charge on any atom is -0.490 e. The number of hydrogen-bond donors (Lipinski definition) is 1. The molecule has 1 unspecified atom stereocenters. The van der Waals surface area contributed by atoms with Gasteiger partial charge in [0.25, 0.3) is 0 Å². The standard InChI is InChI=1S/C23H26N4O5S/c1-17(18-4-6-19(7-5-18)27-11-10-24-16-27)25-23(28)15-26(2)33(29,30)20-8-9-21-22(14-20)32-13-3-12-31-21/h4-11,14,16-17H,3,12-13,15H2,1-2H3,(H,25,28). The van der Waals surface area contributed by atoms with Crippen molar-refractivity contribution in [1.82, 2.24) is 19.2 Å². The van der Waals surface area contributed by atoms with E-state index in [1.54, 1.807) is 18.6 Å². The van der Waals surface area contributed by atoms with Crippen LogP contribution < -0.4 is 14.8 Å². The van der Waals surface area contributed by atoms with Crippen LogP contribution in [-0.2, 0) is 14.8 Å². The maximum atomic E-state index is 13.0. The Morgan fingerprint density at radius 3 is 2.58 bits per heavy atom. The summed E-state index contributed by atoms with van der Waals surface area (Å²) in [5.41, 5.74) is 1.86. The number of carbonyl (C=O) groups excluding carboxylic acids is 1. The highest BCUT2D eigenvalue weighted by Gasteiger charge is 2.25. The molecule has 0 aliphatic carbocycles. The van der Waals surface area contributed by atoms with E-state index in [2.05, 4.69) is 10.3 Å². The minimum absolute atomic E-state index is 0.0465. The molecule has 0 spiro atoms. The lowest BCUT2D eigenvalue weighted by Gasteiger charge is -2.20. The smallest absolute Gasteiger partial charge is 0.243 e. The molecule has 9 nitrogen and oxygen atoms in total. The Bertz CT molecular complexity index is 1210. The molecule has 2 heterocycles. The fraction of sp³-hybridized carbons (Fsp3) is 0.304. The molecule has 1 amide bonds. The summed E-state index contributed by atoms with van der Waals surface area (Å²) in [7, 11) is -2.50. The van der Waals surface area contributed by atoms with Crippen LogP contribution in [-0.4, -0.2) is 55.0 Å². The maximum Gasteiger partial charge on any atom is 0.243 e. The normalized spacial score (nSPS) is 14.5. The third kappa shape index (κ3) is 5.18. The lowest BCUT2D eigenvalue weighted by molar-refractivity contribution is -0.121. The quantitative estimate of drug-likeness (QED) is 0.569. The Morgan fingerprint density at radius 2 is 1.88 bits per heavy atom. The van der Waals surface area contributed by atoms with Gasteiger partial charge in [0.2, 0.25) is 15.9 Å². The van der Waals surface area contributed by atoms with Crippen LogP contribution in [0.5, 0.6) is 11.5 Å². The number of carbonyl (C=O) groups is 1. The lowest BCUT2D eigenvalue weighted by atomic mass is 10.1. The topological polar surface area (TPSA) is 103 Å². The predicted molar refractivity (Wildman–Crippen MR) is 122 cm³/mol. The van der Waals surface area contributed by atoms with Gasteiger partial charge in [-0.3, -0.25) is 4.79 Å². The highest BCUT2D eigenvalue weighted by atomic mass is 32.2. The molecule has 3 aromatic rings. The van der Waals surface area contributed by atoms with Crippen molar-refractivity contribution in [3.63, 3.8) is 0 Å². The number of nitrogens with one attached hydrogen (secondary N) is 1. The molecular weight excluding hydrogens is 444 g/mol. The fourth-order valence-electron chi connectivity index (χ4n) is 3.49. The van der Waals surface area contributed by atoms with Gasteiger partial charge in [-0.25, -0.2) is 13.4 Å². The van der Waals surface area contributed by atoms with Crippen LogP contribution in [0.1, 0.15) is 24.9 Å². The van der Waals surface area contributed by atoms with Gasteiger partial charge < -0.3 is 19.4 Å². The Kier molecular flexibility index (Phi) is 6.66. The molecular formula is C23H26N4O5S. The van der Waals surface area contributed by atoms with E-state index in [1.807, 2.05) is 42.0 Å². The largest absolute Gasteiger partial charge is 0.490 e. The van der Waals surface area contributed by atoms with Gasteiger partial charge in [-0.05, 0) is 36.8 Å². The summed E-state index contributed by atoms with van der Waals surface area (Å²) in [6.07, 6.45) is 5.98. The van der Waals surface area contributed by atoms with Gasteiger partial charge in [-0.2, -0.15) is 4.31 Å². The summed E-state index contributed by atoms with van der Waals surface area (Å²) < 4.78 is 40.0. The highest BCUT2D eigenvalue weighted by molar-refractivity contribution is 7.89. The van der Waals surface area contributed by atoms with Crippen molar-refractivity contribution in [1.29, 1.82) is 0 Å². The number of aromatic nitrogens is 2. The van der Waals surface area contributed by atoms with E-state index < -0.39 is 15.9 Å². The van der Waals surface area contributed by atoms with Crippen molar-refractivity contribution in [2.45, 2.75) is 24.3 Å². The first-order valence-corrected chi connectivity index (χ1v) is 12.0. The molecule has 1 aromatic heterocycles. The zero-order valence-electron chi connectivity index (χ0n) is 18.5. The Hall–Kier alpha value is -3.37. The number of imidazole rings is 1. The van der Waals surface area contributed by atoms with Gasteiger partial charge in [-0.1, -0.05) is 12.1 Å². The van der Waals surface area contributed by atoms with Gasteiger partial charge in [0.05, 0.1) is 37.0 Å². The van der Waals surface area contributed by atoms with Gasteiger partial charge >= 0.3 is 0 Å². The molecule has 0 bridgehead atoms. The van der Waals surface area contributed by atoms with Crippen LogP contribution in [0, 0.1) is 0 Å². The van der Waals surface area contributed by atoms with Crippen molar-refractivity contribution >= 4 is 15.9 Å². The second-order valence-electron chi connectivity index (χ2n) is 7.77. The Balaban J connectivity index is 1.39. The molecule has 0 saturated heterocycles. The fourth-order valence-corrected chi connectivity index (χ4v) is 4.63. The molecule has 0 saturated carbocycles. The zero-order chi connectivity index (χ0) is 23.4. The average Bonchev–Trinajstić information content (AvgIpc) is 3.24. The summed E-state index contributed by atoms with van der Waals surface area (Å²) in [6.45, 7) is 2.51. The lowest BCUT2D eigenvalue weighted by Crippen LogP contribution is -2.39. The van der Waals surface area contributed by atoms with Crippen LogP contribution in [0.2, 0.25) is 0 Å². The molecule has 4 rings (SSSR count). The molecule has 1 aliphatic heterocycles. The SMILES string of the molecule is CC(NC(=O)CN(C)S(=O)(=O)c1ccc2c(c1)OCCCO2)c1ccc(-n2ccnc2)cc1. The monoisotopic (exact) mass is 470 g/mol. The van der Waals surface area contributed by atoms with Gasteiger partial charge in [0, 0.05) is 37.6 Å². The van der Waals surface area contributed by atoms with E-state index in [-0.39, 0.29) is 17.5 Å². The number of benzene rings is 2. The molecule has 174 valence electrons. The van der Waals surface area contributed by atoms with E-state index in [1.165, 1.54) is 19.2 Å². The van der Waals surface area contributed by atoms with Crippen LogP contribution in [0.15, 0.2) is 66.1 Å². The summed E-state index contributed by atoms with van der Waals surface area (Å²) in [4.78, 5) is 16.6. The van der Waals surface area contributed by atoms with E-state index in [4.69, 9.17) is 9.47 Å². The molecule has 1 aliphatic rings. The number of hydrogen-bond acceptors (Lipinski definition) is 6. The third-order valence-electron chi connectivity index (χ3n) is 5.37. The number of likely N-dealkylation sites (N-methyl/N-ethyl adjacent to an activating group) is 1. The van der Waals surface area contributed by atoms with Crippen LogP contribution in [0.3, 0.4) is 0 Å². The molecule has 10 heteroatoms. The number of fused-ring (bicyclic) bond motifs is 1. The van der Waals surface area contributed by atoms with E-state index in [0.29, 0.717) is 24.7 Å². The second kappa shape index (κ2) is 9.63. The van der Waals surface area contributed by atoms with Crippen molar-refractivity contribution in [3.8, 4) is 17.2 Å². The average molecular weight is 471 g/mol. The Morgan fingerprint density at radius 1 is 1.15 bits per heavy atom. The van der Waals surface area contributed by atoms with Gasteiger partial charge in [-0.15, -0.1) is 0 Å². The number of ether oxygens (including phenoxy) is 2. The van der Waals surface area contributed by atoms with Crippen LogP contribution in [0.4, 0.5) is 0 Å². The number of amides is 1. The number of rotatable bonds is 7. The first-order valence-electron chi connectivity index (χ1n) is 10.6. The first kappa shape index (κ1) is 22.8. The summed E-state index contributed by atoms with van der Waals surface area (Å²) in [6, 6.07) is 11.9. The molecule has 0 fully saturated rings. The van der Waals surface area contributed by atoms with Crippen molar-refractivity contribution in [3.05, 3.63) is 66.7 Å². The summed E-state index contributed by atoms with van der Waals surface area (Å²) >= 11 is 0. The highest BCUT2D eigenvalue weighted by Crippen LogP contribution is 2.32. The molecule has 2 aromatic carbocycles. The van der Waals surface area contributed by atoms with Crippen LogP contribution >= 0.6 is 0 Å². The van der Waals surface area contributed by atoms with E-state index >= 15 is 0 Å². The third-order valence-corrected chi connectivity index (χ3v) is 7.17. The zero-order valence-corrected chi connectivity index (χ0v) is 19.3. The second-order valence-corrected chi connectivity index (χ2v) is 9.82. The summed E-state index contributed by atoms with van der Waals surface area (Å²) in [5.74, 6) is 0.500. The summed E-state index contributed by atoms with van der Waals surface area (Å²) in [5, 5.41) is 2.85. The van der Waals surface area contributed by atoms with E-state index in [9.17, 15) is 13.2 Å². The molecule has 0 radical (unpaired) electrons. The van der Waals surface area contributed by atoms with E-state index in [0.717, 1.165) is 22.0 Å². The maximum absolute atomic E-state index is 13.0. The van der Waals surface area contributed by atoms with Gasteiger partial charge in [0.1, 0.15) is 0 Å². The van der Waals surface area contributed by atoms with Gasteiger partial charge in [0.15, 0.2) is 11.5 Å². The molecule has 33 heavy (non-hydrogen) atoms. The Labute approximate surface area is 193 Å².